The standard InChI is InChI=1S/C22H23BrN2O4S/c1-28-20-8-3-17(4-9-20)15-25(16-18-5-10-21(29-2)11-6-18)30(26,27)22-12-7-19(13-23)14-24-22/h3-12,14H,13,15-16H2,1-2H3. The molecule has 0 saturated heterocycles. The zero-order chi connectivity index (χ0) is 21.6. The molecule has 30 heavy (non-hydrogen) atoms. The van der Waals surface area contributed by atoms with E-state index in [2.05, 4.69) is 20.9 Å². The van der Waals surface area contributed by atoms with Gasteiger partial charge in [-0.2, -0.15) is 4.31 Å². The summed E-state index contributed by atoms with van der Waals surface area (Å²) in [6.07, 6.45) is 1.57. The van der Waals surface area contributed by atoms with Crippen LogP contribution >= 0.6 is 15.9 Å². The van der Waals surface area contributed by atoms with Crippen LogP contribution in [-0.2, 0) is 28.4 Å². The second-order valence-corrected chi connectivity index (χ2v) is 9.05. The second kappa shape index (κ2) is 10.1. The average molecular weight is 491 g/mol. The number of benzene rings is 2. The van der Waals surface area contributed by atoms with E-state index in [9.17, 15) is 8.42 Å². The van der Waals surface area contributed by atoms with Crippen LogP contribution in [0.4, 0.5) is 0 Å². The van der Waals surface area contributed by atoms with Crippen LogP contribution in [0.2, 0.25) is 0 Å². The molecule has 0 amide bonds. The van der Waals surface area contributed by atoms with Crippen LogP contribution in [0.3, 0.4) is 0 Å². The van der Waals surface area contributed by atoms with Gasteiger partial charge in [-0.1, -0.05) is 46.3 Å². The van der Waals surface area contributed by atoms with E-state index in [4.69, 9.17) is 9.47 Å². The number of hydrogen-bond acceptors (Lipinski definition) is 5. The van der Waals surface area contributed by atoms with Gasteiger partial charge in [0.25, 0.3) is 10.0 Å². The Balaban J connectivity index is 1.93. The molecule has 0 aliphatic carbocycles. The molecule has 0 bridgehead atoms. The number of aromatic nitrogens is 1. The van der Waals surface area contributed by atoms with Crippen LogP contribution in [0.5, 0.6) is 11.5 Å². The number of ether oxygens (including phenoxy) is 2. The highest BCUT2D eigenvalue weighted by Crippen LogP contribution is 2.23. The number of hydrogen-bond donors (Lipinski definition) is 0. The highest BCUT2D eigenvalue weighted by atomic mass is 79.9. The van der Waals surface area contributed by atoms with E-state index in [1.54, 1.807) is 32.5 Å². The summed E-state index contributed by atoms with van der Waals surface area (Å²) in [5.74, 6) is 1.44. The summed E-state index contributed by atoms with van der Waals surface area (Å²) in [5.41, 5.74) is 2.61. The van der Waals surface area contributed by atoms with E-state index in [1.165, 1.54) is 4.31 Å². The smallest absolute Gasteiger partial charge is 0.261 e. The highest BCUT2D eigenvalue weighted by Gasteiger charge is 2.26. The predicted octanol–water partition coefficient (Wildman–Crippen LogP) is 4.38. The molecule has 0 atom stereocenters. The van der Waals surface area contributed by atoms with E-state index >= 15 is 0 Å². The van der Waals surface area contributed by atoms with Gasteiger partial charge in [0.2, 0.25) is 0 Å². The normalized spacial score (nSPS) is 11.5. The molecule has 0 fully saturated rings. The molecule has 6 nitrogen and oxygen atoms in total. The summed E-state index contributed by atoms with van der Waals surface area (Å²) < 4.78 is 38.6. The monoisotopic (exact) mass is 490 g/mol. The largest absolute Gasteiger partial charge is 0.497 e. The SMILES string of the molecule is COc1ccc(CN(Cc2ccc(OC)cc2)S(=O)(=O)c2ccc(CBr)cn2)cc1. The topological polar surface area (TPSA) is 68.7 Å². The molecule has 0 N–H and O–H groups in total. The molecule has 1 aromatic heterocycles. The van der Waals surface area contributed by atoms with Gasteiger partial charge < -0.3 is 9.47 Å². The van der Waals surface area contributed by atoms with Gasteiger partial charge in [0, 0.05) is 24.6 Å². The molecule has 0 radical (unpaired) electrons. The first-order valence-electron chi connectivity index (χ1n) is 9.23. The van der Waals surface area contributed by atoms with Crippen LogP contribution in [0.15, 0.2) is 71.9 Å². The number of methoxy groups -OCH3 is 2. The molecule has 158 valence electrons. The maximum Gasteiger partial charge on any atom is 0.261 e. The molecule has 1 heterocycles. The first-order chi connectivity index (χ1) is 14.5. The fourth-order valence-corrected chi connectivity index (χ4v) is 4.53. The molecule has 0 saturated carbocycles. The van der Waals surface area contributed by atoms with Crippen LogP contribution in [0.25, 0.3) is 0 Å². The Bertz CT molecular complexity index is 1000. The van der Waals surface area contributed by atoms with Gasteiger partial charge in [0.1, 0.15) is 11.5 Å². The highest BCUT2D eigenvalue weighted by molar-refractivity contribution is 9.08. The summed E-state index contributed by atoms with van der Waals surface area (Å²) in [7, 11) is -0.619. The minimum atomic E-state index is -3.81. The molecule has 0 aliphatic rings. The Morgan fingerprint density at radius 1 is 0.800 bits per heavy atom. The van der Waals surface area contributed by atoms with Gasteiger partial charge in [-0.3, -0.25) is 0 Å². The van der Waals surface area contributed by atoms with Gasteiger partial charge in [0.05, 0.1) is 14.2 Å². The number of sulfonamides is 1. The third kappa shape index (κ3) is 5.38. The van der Waals surface area contributed by atoms with Crippen molar-refractivity contribution in [3.63, 3.8) is 0 Å². The lowest BCUT2D eigenvalue weighted by Gasteiger charge is -2.22. The minimum Gasteiger partial charge on any atom is -0.497 e. The number of pyridine rings is 1. The summed E-state index contributed by atoms with van der Waals surface area (Å²) >= 11 is 3.35. The van der Waals surface area contributed by atoms with Crippen LogP contribution in [0, 0.1) is 0 Å². The molecular formula is C22H23BrN2O4S. The molecular weight excluding hydrogens is 468 g/mol. The summed E-state index contributed by atoms with van der Waals surface area (Å²) in [5, 5.41) is 0.635. The minimum absolute atomic E-state index is 0.0224. The lowest BCUT2D eigenvalue weighted by molar-refractivity contribution is 0.396. The van der Waals surface area contributed by atoms with Gasteiger partial charge in [-0.25, -0.2) is 13.4 Å². The zero-order valence-corrected chi connectivity index (χ0v) is 19.2. The van der Waals surface area contributed by atoms with Crippen LogP contribution in [0.1, 0.15) is 16.7 Å². The van der Waals surface area contributed by atoms with Gasteiger partial charge in [-0.15, -0.1) is 0 Å². The van der Waals surface area contributed by atoms with Crippen LogP contribution in [-0.4, -0.2) is 31.9 Å². The van der Waals surface area contributed by atoms with Gasteiger partial charge in [-0.05, 0) is 47.0 Å². The summed E-state index contributed by atoms with van der Waals surface area (Å²) in [6.45, 7) is 0.417. The Morgan fingerprint density at radius 3 is 1.63 bits per heavy atom. The Kier molecular flexibility index (Phi) is 7.47. The second-order valence-electron chi connectivity index (χ2n) is 6.61. The molecule has 2 aromatic carbocycles. The number of nitrogens with zero attached hydrogens (tertiary/aromatic N) is 2. The van der Waals surface area contributed by atoms with Crippen LogP contribution < -0.4 is 9.47 Å². The molecule has 0 unspecified atom stereocenters. The van der Waals surface area contributed by atoms with Crippen molar-refractivity contribution in [2.24, 2.45) is 0 Å². The molecule has 0 aliphatic heterocycles. The Hall–Kier alpha value is -2.42. The lowest BCUT2D eigenvalue weighted by Crippen LogP contribution is -2.31. The maximum absolute atomic E-state index is 13.4. The number of alkyl halides is 1. The van der Waals surface area contributed by atoms with Gasteiger partial charge in [0.15, 0.2) is 5.03 Å². The van der Waals surface area contributed by atoms with E-state index in [-0.39, 0.29) is 18.1 Å². The molecule has 8 heteroatoms. The molecule has 0 spiro atoms. The number of rotatable bonds is 9. The lowest BCUT2D eigenvalue weighted by atomic mass is 10.2. The first-order valence-corrected chi connectivity index (χ1v) is 11.8. The van der Waals surface area contributed by atoms with E-state index in [1.807, 2.05) is 48.5 Å². The van der Waals surface area contributed by atoms with Gasteiger partial charge >= 0.3 is 0 Å². The summed E-state index contributed by atoms with van der Waals surface area (Å²) in [6, 6.07) is 18.0. The first kappa shape index (κ1) is 22.3. The zero-order valence-electron chi connectivity index (χ0n) is 16.8. The third-order valence-corrected chi connectivity index (χ3v) is 6.95. The number of halogens is 1. The Morgan fingerprint density at radius 2 is 1.27 bits per heavy atom. The van der Waals surface area contributed by atoms with Crippen molar-refractivity contribution in [1.29, 1.82) is 0 Å². The fraction of sp³-hybridized carbons (Fsp3) is 0.227. The fourth-order valence-electron chi connectivity index (χ4n) is 2.87. The van der Waals surface area contributed by atoms with Crippen molar-refractivity contribution in [3.8, 4) is 11.5 Å². The Labute approximate surface area is 185 Å². The van der Waals surface area contributed by atoms with E-state index in [0.717, 1.165) is 28.2 Å². The van der Waals surface area contributed by atoms with Crippen molar-refractivity contribution < 1.29 is 17.9 Å². The van der Waals surface area contributed by atoms with Crippen molar-refractivity contribution in [1.82, 2.24) is 9.29 Å². The quantitative estimate of drug-likeness (QED) is 0.416. The molecule has 3 rings (SSSR count). The van der Waals surface area contributed by atoms with E-state index in [0.29, 0.717) is 5.33 Å². The predicted molar refractivity (Wildman–Crippen MR) is 119 cm³/mol. The average Bonchev–Trinajstić information content (AvgIpc) is 2.79. The summed E-state index contributed by atoms with van der Waals surface area (Å²) in [4.78, 5) is 4.18. The molecule has 3 aromatic rings. The third-order valence-electron chi connectivity index (χ3n) is 4.59. The van der Waals surface area contributed by atoms with Crippen molar-refractivity contribution in [2.75, 3.05) is 14.2 Å². The van der Waals surface area contributed by atoms with Crippen molar-refractivity contribution >= 4 is 26.0 Å². The maximum atomic E-state index is 13.4. The van der Waals surface area contributed by atoms with E-state index < -0.39 is 10.0 Å². The van der Waals surface area contributed by atoms with Crippen molar-refractivity contribution in [2.45, 2.75) is 23.4 Å². The van der Waals surface area contributed by atoms with Crippen molar-refractivity contribution in [3.05, 3.63) is 83.6 Å².